The van der Waals surface area contributed by atoms with Gasteiger partial charge in [-0.05, 0) is 57.5 Å². The van der Waals surface area contributed by atoms with E-state index in [2.05, 4.69) is 11.9 Å². The summed E-state index contributed by atoms with van der Waals surface area (Å²) in [6.07, 6.45) is 6.45. The second kappa shape index (κ2) is 5.99. The van der Waals surface area contributed by atoms with E-state index in [4.69, 9.17) is 10.5 Å². The van der Waals surface area contributed by atoms with E-state index in [-0.39, 0.29) is 0 Å². The van der Waals surface area contributed by atoms with Gasteiger partial charge < -0.3 is 15.4 Å². The molecular weight excluding hydrogens is 200 g/mol. The Morgan fingerprint density at radius 3 is 2.81 bits per heavy atom. The summed E-state index contributed by atoms with van der Waals surface area (Å²) >= 11 is 0. The predicted octanol–water partition coefficient (Wildman–Crippen LogP) is 1.47. The van der Waals surface area contributed by atoms with Crippen LogP contribution in [0.5, 0.6) is 0 Å². The Morgan fingerprint density at radius 2 is 2.19 bits per heavy atom. The maximum Gasteiger partial charge on any atom is 0.0506 e. The molecule has 0 aromatic rings. The quantitative estimate of drug-likeness (QED) is 0.745. The van der Waals surface area contributed by atoms with Crippen molar-refractivity contribution in [2.24, 2.45) is 17.6 Å². The van der Waals surface area contributed by atoms with Gasteiger partial charge in [-0.1, -0.05) is 0 Å². The molecular formula is C13H26N2O. The molecule has 1 aliphatic heterocycles. The van der Waals surface area contributed by atoms with Crippen molar-refractivity contribution in [1.82, 2.24) is 4.90 Å². The Hall–Kier alpha value is -0.120. The van der Waals surface area contributed by atoms with Crippen LogP contribution in [0.4, 0.5) is 0 Å². The van der Waals surface area contributed by atoms with Crippen LogP contribution in [-0.2, 0) is 4.74 Å². The zero-order valence-electron chi connectivity index (χ0n) is 10.5. The number of hydrogen-bond donors (Lipinski definition) is 1. The van der Waals surface area contributed by atoms with Gasteiger partial charge in [0, 0.05) is 19.2 Å². The Balaban J connectivity index is 1.57. The topological polar surface area (TPSA) is 38.5 Å². The molecule has 3 heteroatoms. The van der Waals surface area contributed by atoms with Gasteiger partial charge in [0.25, 0.3) is 0 Å². The van der Waals surface area contributed by atoms with Crippen molar-refractivity contribution in [2.75, 3.05) is 33.4 Å². The summed E-state index contributed by atoms with van der Waals surface area (Å²) in [5, 5.41) is 0. The molecule has 0 aromatic heterocycles. The fraction of sp³-hybridized carbons (Fsp3) is 1.00. The van der Waals surface area contributed by atoms with Gasteiger partial charge in [0.05, 0.1) is 6.61 Å². The van der Waals surface area contributed by atoms with Gasteiger partial charge in [-0.3, -0.25) is 0 Å². The van der Waals surface area contributed by atoms with E-state index in [1.807, 2.05) is 0 Å². The van der Waals surface area contributed by atoms with Gasteiger partial charge in [0.2, 0.25) is 0 Å². The van der Waals surface area contributed by atoms with Crippen LogP contribution in [0.1, 0.15) is 32.1 Å². The minimum Gasteiger partial charge on any atom is -0.381 e. The van der Waals surface area contributed by atoms with E-state index >= 15 is 0 Å². The van der Waals surface area contributed by atoms with Crippen molar-refractivity contribution in [2.45, 2.75) is 38.1 Å². The van der Waals surface area contributed by atoms with Crippen LogP contribution in [0.3, 0.4) is 0 Å². The van der Waals surface area contributed by atoms with E-state index in [0.29, 0.717) is 6.04 Å². The lowest BCUT2D eigenvalue weighted by atomic mass is 10.0. The lowest BCUT2D eigenvalue weighted by molar-refractivity contribution is 0.0417. The normalized spacial score (nSPS) is 28.3. The Kier molecular flexibility index (Phi) is 4.62. The largest absolute Gasteiger partial charge is 0.381 e. The highest BCUT2D eigenvalue weighted by atomic mass is 16.5. The summed E-state index contributed by atoms with van der Waals surface area (Å²) in [6, 6.07) is 0.449. The second-order valence-electron chi connectivity index (χ2n) is 5.64. The molecule has 3 nitrogen and oxygen atoms in total. The lowest BCUT2D eigenvalue weighted by Crippen LogP contribution is -2.34. The monoisotopic (exact) mass is 226 g/mol. The van der Waals surface area contributed by atoms with Gasteiger partial charge in [-0.15, -0.1) is 0 Å². The molecule has 2 rings (SSSR count). The fourth-order valence-electron chi connectivity index (χ4n) is 2.61. The highest BCUT2D eigenvalue weighted by molar-refractivity contribution is 4.84. The lowest BCUT2D eigenvalue weighted by Gasteiger charge is -2.27. The first-order chi connectivity index (χ1) is 7.75. The highest BCUT2D eigenvalue weighted by Gasteiger charge is 2.28. The van der Waals surface area contributed by atoms with E-state index in [9.17, 15) is 0 Å². The Morgan fingerprint density at radius 1 is 1.38 bits per heavy atom. The van der Waals surface area contributed by atoms with Gasteiger partial charge in [-0.25, -0.2) is 0 Å². The smallest absolute Gasteiger partial charge is 0.0506 e. The van der Waals surface area contributed by atoms with Crippen LogP contribution in [-0.4, -0.2) is 44.3 Å². The molecule has 0 amide bonds. The average Bonchev–Trinajstić information content (AvgIpc) is 3.11. The first-order valence-electron chi connectivity index (χ1n) is 6.77. The molecule has 16 heavy (non-hydrogen) atoms. The number of rotatable bonds is 6. The molecule has 1 aliphatic carbocycles. The number of nitrogens with two attached hydrogens (primary N) is 1. The van der Waals surface area contributed by atoms with Gasteiger partial charge in [0.1, 0.15) is 0 Å². The molecule has 94 valence electrons. The third-order valence-corrected chi connectivity index (χ3v) is 3.90. The predicted molar refractivity (Wildman–Crippen MR) is 66.4 cm³/mol. The van der Waals surface area contributed by atoms with Crippen LogP contribution in [0, 0.1) is 11.8 Å². The van der Waals surface area contributed by atoms with Crippen molar-refractivity contribution >= 4 is 0 Å². The number of nitrogens with zero attached hydrogens (tertiary/aromatic N) is 1. The average molecular weight is 226 g/mol. The molecule has 0 spiro atoms. The Labute approximate surface area is 99.3 Å². The summed E-state index contributed by atoms with van der Waals surface area (Å²) in [7, 11) is 2.22. The maximum atomic E-state index is 6.11. The van der Waals surface area contributed by atoms with Gasteiger partial charge in [-0.2, -0.15) is 0 Å². The minimum atomic E-state index is 0.449. The molecule has 2 atom stereocenters. The van der Waals surface area contributed by atoms with Crippen LogP contribution in [0.15, 0.2) is 0 Å². The molecule has 0 aromatic carbocycles. The number of ether oxygens (including phenoxy) is 1. The SMILES string of the molecule is CN(CCC(N)C1CC1)CC1CCCOC1. The van der Waals surface area contributed by atoms with Crippen molar-refractivity contribution < 1.29 is 4.74 Å². The summed E-state index contributed by atoms with van der Waals surface area (Å²) in [5.41, 5.74) is 6.11. The third-order valence-electron chi connectivity index (χ3n) is 3.90. The third kappa shape index (κ3) is 4.04. The summed E-state index contributed by atoms with van der Waals surface area (Å²) in [6.45, 7) is 4.25. The summed E-state index contributed by atoms with van der Waals surface area (Å²) in [4.78, 5) is 2.43. The van der Waals surface area contributed by atoms with Crippen molar-refractivity contribution in [3.8, 4) is 0 Å². The molecule has 0 radical (unpaired) electrons. The molecule has 1 heterocycles. The summed E-state index contributed by atoms with van der Waals surface area (Å²) in [5.74, 6) is 1.59. The van der Waals surface area contributed by atoms with E-state index in [0.717, 1.165) is 38.0 Å². The van der Waals surface area contributed by atoms with E-state index < -0.39 is 0 Å². The Bertz CT molecular complexity index is 200. The second-order valence-corrected chi connectivity index (χ2v) is 5.64. The van der Waals surface area contributed by atoms with Crippen molar-refractivity contribution in [1.29, 1.82) is 0 Å². The highest BCUT2D eigenvalue weighted by Crippen LogP contribution is 2.32. The van der Waals surface area contributed by atoms with Crippen LogP contribution in [0.25, 0.3) is 0 Å². The van der Waals surface area contributed by atoms with Crippen LogP contribution in [0.2, 0.25) is 0 Å². The summed E-state index contributed by atoms with van der Waals surface area (Å²) < 4.78 is 5.51. The van der Waals surface area contributed by atoms with Crippen LogP contribution >= 0.6 is 0 Å². The number of hydrogen-bond acceptors (Lipinski definition) is 3. The fourth-order valence-corrected chi connectivity index (χ4v) is 2.61. The first kappa shape index (κ1) is 12.3. The molecule has 0 bridgehead atoms. The molecule has 2 fully saturated rings. The molecule has 1 saturated heterocycles. The standard InChI is InChI=1S/C13H26N2O/c1-15(7-6-13(14)12-4-5-12)9-11-3-2-8-16-10-11/h11-13H,2-10,14H2,1H3. The zero-order valence-corrected chi connectivity index (χ0v) is 10.5. The van der Waals surface area contributed by atoms with Crippen LogP contribution < -0.4 is 5.73 Å². The molecule has 1 saturated carbocycles. The molecule has 2 unspecified atom stereocenters. The van der Waals surface area contributed by atoms with Gasteiger partial charge >= 0.3 is 0 Å². The van der Waals surface area contributed by atoms with E-state index in [1.54, 1.807) is 0 Å². The minimum absolute atomic E-state index is 0.449. The van der Waals surface area contributed by atoms with E-state index in [1.165, 1.54) is 32.2 Å². The van der Waals surface area contributed by atoms with Gasteiger partial charge in [0.15, 0.2) is 0 Å². The first-order valence-corrected chi connectivity index (χ1v) is 6.77. The molecule has 2 aliphatic rings. The molecule has 2 N–H and O–H groups in total. The maximum absolute atomic E-state index is 6.11. The van der Waals surface area contributed by atoms with Crippen molar-refractivity contribution in [3.63, 3.8) is 0 Å². The van der Waals surface area contributed by atoms with Crippen molar-refractivity contribution in [3.05, 3.63) is 0 Å². The zero-order chi connectivity index (χ0) is 11.4.